The lowest BCUT2D eigenvalue weighted by Gasteiger charge is -2.34. The highest BCUT2D eigenvalue weighted by Gasteiger charge is 2.35. The fourth-order valence-electron chi connectivity index (χ4n) is 5.75. The monoisotopic (exact) mass is 659 g/mol. The maximum absolute atomic E-state index is 14.6. The zero-order chi connectivity index (χ0) is 32.5. The van der Waals surface area contributed by atoms with Crippen LogP contribution in [0.4, 0.5) is 5.69 Å². The van der Waals surface area contributed by atoms with Crippen LogP contribution in [0.25, 0.3) is 0 Å². The van der Waals surface area contributed by atoms with E-state index < -0.39 is 28.5 Å². The summed E-state index contributed by atoms with van der Waals surface area (Å²) in [6.07, 6.45) is 4.09. The van der Waals surface area contributed by atoms with E-state index in [0.29, 0.717) is 16.5 Å². The van der Waals surface area contributed by atoms with Crippen molar-refractivity contribution in [3.05, 3.63) is 125 Å². The average Bonchev–Trinajstić information content (AvgIpc) is 3.59. The molecule has 0 aromatic heterocycles. The summed E-state index contributed by atoms with van der Waals surface area (Å²) in [5.74, 6) is -0.287. The summed E-state index contributed by atoms with van der Waals surface area (Å²) in [5.41, 5.74) is 1.92. The Balaban J connectivity index is 1.55. The maximum Gasteiger partial charge on any atom is 0.264 e. The molecule has 5 rings (SSSR count). The largest absolute Gasteiger partial charge is 0.497 e. The van der Waals surface area contributed by atoms with Gasteiger partial charge in [0.05, 0.1) is 17.7 Å². The molecule has 240 valence electrons. The second kappa shape index (κ2) is 15.3. The number of ether oxygens (including phenoxy) is 1. The van der Waals surface area contributed by atoms with Gasteiger partial charge in [-0.05, 0) is 72.5 Å². The van der Waals surface area contributed by atoms with Crippen molar-refractivity contribution >= 4 is 39.1 Å². The van der Waals surface area contributed by atoms with E-state index in [-0.39, 0.29) is 29.8 Å². The summed E-state index contributed by atoms with van der Waals surface area (Å²) in [4.78, 5) is 30.1. The molecule has 4 aromatic rings. The minimum Gasteiger partial charge on any atom is -0.497 e. The number of nitrogens with one attached hydrogen (secondary N) is 1. The Morgan fingerprint density at radius 3 is 2.13 bits per heavy atom. The standard InChI is InChI=1S/C36H38ClN3O5S/c1-45-32-19-21-33(22-20-32)46(43,44)40(31-17-6-3-7-18-31)26-35(41)39(25-28-13-10-14-29(37)23-28)34(24-27-11-4-2-5-12-27)36(42)38-30-15-8-9-16-30/h2-7,10-14,17-23,30,34H,8-9,15-16,24-26H2,1H3,(H,38,42)/t34-/m1/s1. The van der Waals surface area contributed by atoms with Crippen molar-refractivity contribution in [2.24, 2.45) is 0 Å². The molecule has 1 saturated carbocycles. The van der Waals surface area contributed by atoms with Crippen LogP contribution in [0.1, 0.15) is 36.8 Å². The summed E-state index contributed by atoms with van der Waals surface area (Å²) in [6, 6.07) is 30.3. The molecular weight excluding hydrogens is 622 g/mol. The van der Waals surface area contributed by atoms with Gasteiger partial charge >= 0.3 is 0 Å². The normalized spacial score (nSPS) is 14.0. The molecule has 0 unspecified atom stereocenters. The third-order valence-electron chi connectivity index (χ3n) is 8.19. The minimum atomic E-state index is -4.20. The highest BCUT2D eigenvalue weighted by atomic mass is 35.5. The Morgan fingerprint density at radius 1 is 0.870 bits per heavy atom. The van der Waals surface area contributed by atoms with Gasteiger partial charge in [0, 0.05) is 24.0 Å². The van der Waals surface area contributed by atoms with Crippen LogP contribution in [0.15, 0.2) is 114 Å². The van der Waals surface area contributed by atoms with E-state index in [4.69, 9.17) is 16.3 Å². The Labute approximate surface area is 276 Å². The number of carbonyl (C=O) groups is 2. The first-order chi connectivity index (χ1) is 22.2. The number of rotatable bonds is 13. The second-order valence-corrected chi connectivity index (χ2v) is 13.7. The SMILES string of the molecule is COc1ccc(S(=O)(=O)N(CC(=O)N(Cc2cccc(Cl)c2)[C@H](Cc2ccccc2)C(=O)NC2CCCC2)c2ccccc2)cc1. The Kier molecular flexibility index (Phi) is 11.0. The van der Waals surface area contributed by atoms with Crippen molar-refractivity contribution in [1.82, 2.24) is 10.2 Å². The Morgan fingerprint density at radius 2 is 1.50 bits per heavy atom. The van der Waals surface area contributed by atoms with Crippen LogP contribution in [-0.4, -0.2) is 50.9 Å². The van der Waals surface area contributed by atoms with Gasteiger partial charge in [-0.15, -0.1) is 0 Å². The van der Waals surface area contributed by atoms with Crippen molar-refractivity contribution in [3.63, 3.8) is 0 Å². The first kappa shape index (κ1) is 33.0. The fourth-order valence-corrected chi connectivity index (χ4v) is 7.38. The van der Waals surface area contributed by atoms with Crippen LogP contribution in [-0.2, 0) is 32.6 Å². The summed E-state index contributed by atoms with van der Waals surface area (Å²) in [5, 5.41) is 3.67. The number of sulfonamides is 1. The van der Waals surface area contributed by atoms with Crippen LogP contribution in [0.5, 0.6) is 5.75 Å². The lowest BCUT2D eigenvalue weighted by Crippen LogP contribution is -2.54. The zero-order valence-electron chi connectivity index (χ0n) is 25.7. The molecule has 0 radical (unpaired) electrons. The Bertz CT molecular complexity index is 1710. The summed E-state index contributed by atoms with van der Waals surface area (Å²) in [6.45, 7) is -0.471. The van der Waals surface area contributed by atoms with E-state index >= 15 is 0 Å². The molecule has 10 heteroatoms. The highest BCUT2D eigenvalue weighted by molar-refractivity contribution is 7.92. The third kappa shape index (κ3) is 8.27. The van der Waals surface area contributed by atoms with Gasteiger partial charge in [0.1, 0.15) is 18.3 Å². The van der Waals surface area contributed by atoms with E-state index in [1.54, 1.807) is 60.7 Å². The fraction of sp³-hybridized carbons (Fsp3) is 0.278. The van der Waals surface area contributed by atoms with Crippen molar-refractivity contribution in [2.75, 3.05) is 18.0 Å². The highest BCUT2D eigenvalue weighted by Crippen LogP contribution is 2.27. The van der Waals surface area contributed by atoms with Gasteiger partial charge in [-0.1, -0.05) is 85.1 Å². The molecular formula is C36H38ClN3O5S. The van der Waals surface area contributed by atoms with E-state index in [2.05, 4.69) is 5.32 Å². The molecule has 0 bridgehead atoms. The number of amides is 2. The van der Waals surface area contributed by atoms with Crippen LogP contribution >= 0.6 is 11.6 Å². The predicted molar refractivity (Wildman–Crippen MR) is 180 cm³/mol. The van der Waals surface area contributed by atoms with Gasteiger partial charge in [-0.2, -0.15) is 0 Å². The summed E-state index contributed by atoms with van der Waals surface area (Å²) in [7, 11) is -2.70. The molecule has 0 saturated heterocycles. The first-order valence-electron chi connectivity index (χ1n) is 15.3. The van der Waals surface area contributed by atoms with Crippen molar-refractivity contribution < 1.29 is 22.7 Å². The molecule has 2 amide bonds. The topological polar surface area (TPSA) is 96.0 Å². The van der Waals surface area contributed by atoms with Gasteiger partial charge in [0.25, 0.3) is 10.0 Å². The first-order valence-corrected chi connectivity index (χ1v) is 17.2. The third-order valence-corrected chi connectivity index (χ3v) is 10.2. The molecule has 0 spiro atoms. The number of carbonyl (C=O) groups excluding carboxylic acids is 2. The second-order valence-electron chi connectivity index (χ2n) is 11.4. The van der Waals surface area contributed by atoms with Crippen molar-refractivity contribution in [3.8, 4) is 5.75 Å². The molecule has 46 heavy (non-hydrogen) atoms. The molecule has 0 aliphatic heterocycles. The smallest absolute Gasteiger partial charge is 0.264 e. The number of methoxy groups -OCH3 is 1. The predicted octanol–water partition coefficient (Wildman–Crippen LogP) is 6.24. The number of nitrogens with zero attached hydrogens (tertiary/aromatic N) is 2. The lowest BCUT2D eigenvalue weighted by atomic mass is 10.0. The van der Waals surface area contributed by atoms with Gasteiger partial charge in [-0.25, -0.2) is 8.42 Å². The number of hydrogen-bond acceptors (Lipinski definition) is 5. The minimum absolute atomic E-state index is 0.00570. The van der Waals surface area contributed by atoms with Gasteiger partial charge in [0.15, 0.2) is 0 Å². The van der Waals surface area contributed by atoms with Gasteiger partial charge < -0.3 is 15.0 Å². The van der Waals surface area contributed by atoms with E-state index in [0.717, 1.165) is 41.1 Å². The maximum atomic E-state index is 14.6. The van der Waals surface area contributed by atoms with Crippen LogP contribution in [0, 0.1) is 0 Å². The van der Waals surface area contributed by atoms with Crippen LogP contribution in [0.2, 0.25) is 5.02 Å². The molecule has 8 nitrogen and oxygen atoms in total. The Hall–Kier alpha value is -4.34. The van der Waals surface area contributed by atoms with Crippen LogP contribution < -0.4 is 14.4 Å². The molecule has 1 atom stereocenters. The zero-order valence-corrected chi connectivity index (χ0v) is 27.3. The average molecular weight is 660 g/mol. The molecule has 4 aromatic carbocycles. The lowest BCUT2D eigenvalue weighted by molar-refractivity contribution is -0.140. The van der Waals surface area contributed by atoms with E-state index in [1.807, 2.05) is 36.4 Å². The van der Waals surface area contributed by atoms with E-state index in [1.165, 1.54) is 24.1 Å². The molecule has 0 heterocycles. The molecule has 1 aliphatic carbocycles. The molecule has 1 N–H and O–H groups in total. The molecule has 1 aliphatic rings. The van der Waals surface area contributed by atoms with Gasteiger partial charge in [0.2, 0.25) is 11.8 Å². The summed E-state index contributed by atoms with van der Waals surface area (Å²) >= 11 is 6.33. The van der Waals surface area contributed by atoms with Gasteiger partial charge in [-0.3, -0.25) is 13.9 Å². The quantitative estimate of drug-likeness (QED) is 0.183. The number of para-hydroxylation sites is 1. The van der Waals surface area contributed by atoms with Crippen molar-refractivity contribution in [2.45, 2.75) is 55.6 Å². The number of halogens is 1. The number of hydrogen-bond donors (Lipinski definition) is 1. The summed E-state index contributed by atoms with van der Waals surface area (Å²) < 4.78 is 34.6. The van der Waals surface area contributed by atoms with Crippen molar-refractivity contribution in [1.29, 1.82) is 0 Å². The number of anilines is 1. The van der Waals surface area contributed by atoms with E-state index in [9.17, 15) is 18.0 Å². The molecule has 1 fully saturated rings. The number of benzene rings is 4. The van der Waals surface area contributed by atoms with Crippen LogP contribution in [0.3, 0.4) is 0 Å².